The second kappa shape index (κ2) is 8.06. The first-order valence-electron chi connectivity index (χ1n) is 7.87. The van der Waals surface area contributed by atoms with Crippen molar-refractivity contribution in [2.45, 2.75) is 18.3 Å². The number of carbonyl (C=O) groups is 1. The average molecular weight is 338 g/mol. The van der Waals surface area contributed by atoms with Crippen molar-refractivity contribution in [2.75, 3.05) is 13.2 Å². The lowest BCUT2D eigenvalue weighted by molar-refractivity contribution is -0.484. The lowest BCUT2D eigenvalue weighted by Crippen LogP contribution is -2.44. The molecular formula is C19H18N2O4. The van der Waals surface area contributed by atoms with E-state index in [1.807, 2.05) is 6.07 Å². The molecule has 0 fully saturated rings. The number of ether oxygens (including phenoxy) is 1. The fourth-order valence-electron chi connectivity index (χ4n) is 2.92. The van der Waals surface area contributed by atoms with Gasteiger partial charge in [0.1, 0.15) is 0 Å². The van der Waals surface area contributed by atoms with Crippen LogP contribution in [-0.4, -0.2) is 24.0 Å². The van der Waals surface area contributed by atoms with Gasteiger partial charge in [-0.05, 0) is 18.1 Å². The van der Waals surface area contributed by atoms with E-state index in [9.17, 15) is 20.2 Å². The molecule has 2 rings (SSSR count). The minimum Gasteiger partial charge on any atom is -0.465 e. The zero-order chi connectivity index (χ0) is 18.3. The van der Waals surface area contributed by atoms with Crippen LogP contribution in [0, 0.1) is 21.4 Å². The molecule has 0 aromatic heterocycles. The number of esters is 1. The molecule has 0 saturated carbocycles. The summed E-state index contributed by atoms with van der Waals surface area (Å²) in [6, 6.07) is 19.0. The molecule has 6 heteroatoms. The van der Waals surface area contributed by atoms with Gasteiger partial charge in [0.15, 0.2) is 5.41 Å². The van der Waals surface area contributed by atoms with E-state index < -0.39 is 28.8 Å². The fourth-order valence-corrected chi connectivity index (χ4v) is 2.92. The summed E-state index contributed by atoms with van der Waals surface area (Å²) in [5, 5.41) is 21.3. The molecular weight excluding hydrogens is 320 g/mol. The molecule has 2 unspecified atom stereocenters. The predicted octanol–water partition coefficient (Wildman–Crippen LogP) is 3.07. The zero-order valence-electron chi connectivity index (χ0n) is 13.8. The molecule has 0 spiro atoms. The summed E-state index contributed by atoms with van der Waals surface area (Å²) in [7, 11) is 0. The van der Waals surface area contributed by atoms with Gasteiger partial charge in [-0.2, -0.15) is 5.26 Å². The van der Waals surface area contributed by atoms with Crippen molar-refractivity contribution in [1.82, 2.24) is 0 Å². The standard InChI is InChI=1S/C19H18N2O4/c1-2-25-18(22)19(14-20,16-11-7-4-8-12-16)17(13-21(23)24)15-9-5-3-6-10-15/h3-12,17H,2,13H2,1H3. The third-order valence-electron chi connectivity index (χ3n) is 4.06. The van der Waals surface area contributed by atoms with Gasteiger partial charge in [0.05, 0.1) is 18.6 Å². The van der Waals surface area contributed by atoms with E-state index in [1.54, 1.807) is 67.6 Å². The molecule has 0 amide bonds. The van der Waals surface area contributed by atoms with Gasteiger partial charge in [0.25, 0.3) is 0 Å². The minimum atomic E-state index is -1.80. The number of hydrogen-bond donors (Lipinski definition) is 0. The minimum absolute atomic E-state index is 0.0784. The van der Waals surface area contributed by atoms with Gasteiger partial charge in [-0.1, -0.05) is 60.7 Å². The van der Waals surface area contributed by atoms with Gasteiger partial charge in [-0.3, -0.25) is 10.1 Å². The number of hydrogen-bond acceptors (Lipinski definition) is 5. The summed E-state index contributed by atoms with van der Waals surface area (Å²) in [5.41, 5.74) is -0.879. The highest BCUT2D eigenvalue weighted by Gasteiger charge is 2.52. The molecule has 2 aromatic carbocycles. The summed E-state index contributed by atoms with van der Waals surface area (Å²) in [6.45, 7) is 1.15. The first-order valence-corrected chi connectivity index (χ1v) is 7.87. The summed E-state index contributed by atoms with van der Waals surface area (Å²) >= 11 is 0. The van der Waals surface area contributed by atoms with Crippen LogP contribution in [0.1, 0.15) is 24.0 Å². The van der Waals surface area contributed by atoms with Crippen LogP contribution >= 0.6 is 0 Å². The van der Waals surface area contributed by atoms with E-state index in [4.69, 9.17) is 4.74 Å². The van der Waals surface area contributed by atoms with Crippen LogP contribution < -0.4 is 0 Å². The normalized spacial score (nSPS) is 13.9. The lowest BCUT2D eigenvalue weighted by atomic mass is 9.68. The maximum Gasteiger partial charge on any atom is 0.331 e. The number of nitro groups is 1. The Morgan fingerprint density at radius 1 is 1.20 bits per heavy atom. The molecule has 0 aliphatic carbocycles. The van der Waals surface area contributed by atoms with Gasteiger partial charge in [-0.15, -0.1) is 0 Å². The first kappa shape index (κ1) is 18.1. The van der Waals surface area contributed by atoms with Crippen LogP contribution in [0.2, 0.25) is 0 Å². The quantitative estimate of drug-likeness (QED) is 0.439. The maximum atomic E-state index is 12.8. The van der Waals surface area contributed by atoms with Crippen LogP contribution in [0.3, 0.4) is 0 Å². The zero-order valence-corrected chi connectivity index (χ0v) is 13.8. The number of nitrogens with zero attached hydrogens (tertiary/aromatic N) is 2. The number of carbonyl (C=O) groups excluding carboxylic acids is 1. The summed E-state index contributed by atoms with van der Waals surface area (Å²) in [4.78, 5) is 23.6. The maximum absolute atomic E-state index is 12.8. The van der Waals surface area contributed by atoms with Crippen molar-refractivity contribution in [3.8, 4) is 6.07 Å². The molecule has 0 saturated heterocycles. The Balaban J connectivity index is 2.71. The monoisotopic (exact) mass is 338 g/mol. The molecule has 25 heavy (non-hydrogen) atoms. The van der Waals surface area contributed by atoms with Crippen molar-refractivity contribution in [3.63, 3.8) is 0 Å². The van der Waals surface area contributed by atoms with Crippen molar-refractivity contribution in [1.29, 1.82) is 5.26 Å². The Bertz CT molecular complexity index is 771. The number of rotatable bonds is 7. The van der Waals surface area contributed by atoms with E-state index in [1.165, 1.54) is 0 Å². The van der Waals surface area contributed by atoms with Crippen LogP contribution in [0.15, 0.2) is 60.7 Å². The van der Waals surface area contributed by atoms with Gasteiger partial charge >= 0.3 is 5.97 Å². The van der Waals surface area contributed by atoms with E-state index in [0.717, 1.165) is 0 Å². The van der Waals surface area contributed by atoms with Crippen molar-refractivity contribution in [2.24, 2.45) is 0 Å². The molecule has 0 aliphatic rings. The summed E-state index contributed by atoms with van der Waals surface area (Å²) in [6.07, 6.45) is 0. The highest BCUT2D eigenvalue weighted by molar-refractivity contribution is 5.88. The summed E-state index contributed by atoms with van der Waals surface area (Å²) in [5.74, 6) is -1.76. The van der Waals surface area contributed by atoms with Gasteiger partial charge in [0, 0.05) is 4.92 Å². The van der Waals surface area contributed by atoms with Gasteiger partial charge < -0.3 is 4.74 Å². The third-order valence-corrected chi connectivity index (χ3v) is 4.06. The molecule has 6 nitrogen and oxygen atoms in total. The van der Waals surface area contributed by atoms with Crippen molar-refractivity contribution in [3.05, 3.63) is 81.9 Å². The van der Waals surface area contributed by atoms with E-state index >= 15 is 0 Å². The Morgan fingerprint density at radius 2 is 1.76 bits per heavy atom. The highest BCUT2D eigenvalue weighted by atomic mass is 16.6. The average Bonchev–Trinajstić information content (AvgIpc) is 2.63. The largest absolute Gasteiger partial charge is 0.465 e. The lowest BCUT2D eigenvalue weighted by Gasteiger charge is -2.31. The SMILES string of the molecule is CCOC(=O)C(C#N)(c1ccccc1)C(C[N+](=O)[O-])c1ccccc1. The molecule has 0 N–H and O–H groups in total. The Kier molecular flexibility index (Phi) is 5.85. The molecule has 2 aromatic rings. The second-order valence-electron chi connectivity index (χ2n) is 5.48. The topological polar surface area (TPSA) is 93.2 Å². The molecule has 0 bridgehead atoms. The second-order valence-corrected chi connectivity index (χ2v) is 5.48. The summed E-state index contributed by atoms with van der Waals surface area (Å²) < 4.78 is 5.15. The fraction of sp³-hybridized carbons (Fsp3) is 0.263. The molecule has 128 valence electrons. The predicted molar refractivity (Wildman–Crippen MR) is 91.4 cm³/mol. The Hall–Kier alpha value is -3.20. The number of benzene rings is 2. The van der Waals surface area contributed by atoms with Crippen LogP contribution in [-0.2, 0) is 14.9 Å². The smallest absolute Gasteiger partial charge is 0.331 e. The van der Waals surface area contributed by atoms with Gasteiger partial charge in [-0.25, -0.2) is 4.79 Å². The first-order chi connectivity index (χ1) is 12.1. The Labute approximate surface area is 145 Å². The molecule has 0 aliphatic heterocycles. The third kappa shape index (κ3) is 3.66. The van der Waals surface area contributed by atoms with E-state index in [0.29, 0.717) is 11.1 Å². The number of nitriles is 1. The highest BCUT2D eigenvalue weighted by Crippen LogP contribution is 2.40. The van der Waals surface area contributed by atoms with Gasteiger partial charge in [0.2, 0.25) is 6.54 Å². The van der Waals surface area contributed by atoms with Crippen LogP contribution in [0.4, 0.5) is 0 Å². The van der Waals surface area contributed by atoms with Crippen LogP contribution in [0.5, 0.6) is 0 Å². The molecule has 0 heterocycles. The van der Waals surface area contributed by atoms with Crippen LogP contribution in [0.25, 0.3) is 0 Å². The van der Waals surface area contributed by atoms with E-state index in [2.05, 4.69) is 0 Å². The molecule has 2 atom stereocenters. The Morgan fingerprint density at radius 3 is 2.24 bits per heavy atom. The van der Waals surface area contributed by atoms with Crippen molar-refractivity contribution >= 4 is 5.97 Å². The van der Waals surface area contributed by atoms with E-state index in [-0.39, 0.29) is 6.61 Å². The molecule has 0 radical (unpaired) electrons. The van der Waals surface area contributed by atoms with Crippen molar-refractivity contribution < 1.29 is 14.5 Å².